The van der Waals surface area contributed by atoms with Crippen molar-refractivity contribution in [2.24, 2.45) is 0 Å². The summed E-state index contributed by atoms with van der Waals surface area (Å²) in [7, 11) is 0. The van der Waals surface area contributed by atoms with Crippen LogP contribution in [0.2, 0.25) is 10.0 Å². The molecule has 3 N–H and O–H groups in total. The van der Waals surface area contributed by atoms with Gasteiger partial charge < -0.3 is 16.0 Å². The number of carbonyl (C=O) groups excluding carboxylic acids is 1. The first-order chi connectivity index (χ1) is 12.4. The number of carbonyl (C=O) groups is 1. The van der Waals surface area contributed by atoms with Crippen LogP contribution in [0.15, 0.2) is 53.7 Å². The number of thiocarbonyl (C=S) groups is 1. The predicted octanol–water partition coefficient (Wildman–Crippen LogP) is 4.56. The van der Waals surface area contributed by atoms with Gasteiger partial charge in [0, 0.05) is 15.7 Å². The zero-order valence-electron chi connectivity index (χ0n) is 13.6. The monoisotopic (exact) mass is 409 g/mol. The Bertz CT molecular complexity index is 932. The van der Waals surface area contributed by atoms with Gasteiger partial charge in [0.05, 0.1) is 17.3 Å². The van der Waals surface area contributed by atoms with E-state index in [1.807, 2.05) is 0 Å². The highest BCUT2D eigenvalue weighted by molar-refractivity contribution is 7.80. The van der Waals surface area contributed by atoms with Gasteiger partial charge in [-0.05, 0) is 49.0 Å². The van der Waals surface area contributed by atoms with Crippen LogP contribution in [0.25, 0.3) is 0 Å². The third-order valence-corrected chi connectivity index (χ3v) is 4.69. The van der Waals surface area contributed by atoms with Gasteiger partial charge in [0.1, 0.15) is 5.82 Å². The van der Waals surface area contributed by atoms with Gasteiger partial charge in [0.15, 0.2) is 5.11 Å². The minimum absolute atomic E-state index is 0.0897. The molecule has 2 aromatic rings. The van der Waals surface area contributed by atoms with Gasteiger partial charge in [-0.2, -0.15) is 0 Å². The highest BCUT2D eigenvalue weighted by atomic mass is 35.5. The van der Waals surface area contributed by atoms with E-state index in [2.05, 4.69) is 16.0 Å². The Labute approximate surface area is 165 Å². The average Bonchev–Trinajstić information content (AvgIpc) is 2.56. The first-order valence-electron chi connectivity index (χ1n) is 7.66. The Morgan fingerprint density at radius 1 is 1.23 bits per heavy atom. The molecule has 0 aliphatic carbocycles. The molecule has 0 spiro atoms. The maximum atomic E-state index is 13.9. The lowest BCUT2D eigenvalue weighted by Gasteiger charge is -2.31. The molecule has 26 heavy (non-hydrogen) atoms. The number of amides is 1. The van der Waals surface area contributed by atoms with Crippen LogP contribution in [0.5, 0.6) is 0 Å². The van der Waals surface area contributed by atoms with Gasteiger partial charge in [0.2, 0.25) is 0 Å². The zero-order chi connectivity index (χ0) is 18.8. The molecule has 0 bridgehead atoms. The molecule has 1 aliphatic heterocycles. The Kier molecular flexibility index (Phi) is 5.46. The second kappa shape index (κ2) is 7.61. The highest BCUT2D eigenvalue weighted by Gasteiger charge is 2.31. The van der Waals surface area contributed by atoms with Crippen molar-refractivity contribution < 1.29 is 9.18 Å². The van der Waals surface area contributed by atoms with E-state index in [9.17, 15) is 9.18 Å². The maximum absolute atomic E-state index is 13.9. The number of allylic oxidation sites excluding steroid dienone is 1. The molecule has 1 aliphatic rings. The molecule has 3 rings (SSSR count). The fraction of sp³-hybridized carbons (Fsp3) is 0.111. The third-order valence-electron chi connectivity index (χ3n) is 3.91. The van der Waals surface area contributed by atoms with E-state index in [0.29, 0.717) is 32.0 Å². The molecule has 0 aromatic heterocycles. The summed E-state index contributed by atoms with van der Waals surface area (Å²) in [4.78, 5) is 12.9. The van der Waals surface area contributed by atoms with E-state index in [0.717, 1.165) is 0 Å². The standard InChI is InChI=1S/C18H14Cl2FN3OS/c1-9-15(17(25)23-14-5-3-2-4-13(14)21)16(24-18(26)22-9)11-7-6-10(19)8-12(11)20/h2-8,16H,1H3,(H,23,25)(H2,22,24,26)/t16-/m0/s1. The number of anilines is 1. The van der Waals surface area contributed by atoms with Crippen LogP contribution in [0.4, 0.5) is 10.1 Å². The molecule has 2 aromatic carbocycles. The summed E-state index contributed by atoms with van der Waals surface area (Å²) >= 11 is 17.5. The van der Waals surface area contributed by atoms with E-state index in [4.69, 9.17) is 35.4 Å². The van der Waals surface area contributed by atoms with Crippen LogP contribution < -0.4 is 16.0 Å². The van der Waals surface area contributed by atoms with Crippen molar-refractivity contribution in [1.29, 1.82) is 0 Å². The predicted molar refractivity (Wildman–Crippen MR) is 106 cm³/mol. The van der Waals surface area contributed by atoms with Crippen molar-refractivity contribution in [1.82, 2.24) is 10.6 Å². The SMILES string of the molecule is CC1=C(C(=O)Nc2ccccc2F)[C@H](c2ccc(Cl)cc2Cl)NC(=S)N1. The highest BCUT2D eigenvalue weighted by Crippen LogP contribution is 2.33. The van der Waals surface area contributed by atoms with Gasteiger partial charge in [-0.15, -0.1) is 0 Å². The Morgan fingerprint density at radius 3 is 2.65 bits per heavy atom. The molecule has 0 saturated carbocycles. The summed E-state index contributed by atoms with van der Waals surface area (Å²) in [6.45, 7) is 1.72. The molecule has 0 saturated heterocycles. The number of para-hydroxylation sites is 1. The molecule has 0 radical (unpaired) electrons. The molecular weight excluding hydrogens is 396 g/mol. The van der Waals surface area contributed by atoms with Crippen LogP contribution in [0.1, 0.15) is 18.5 Å². The minimum Gasteiger partial charge on any atom is -0.351 e. The summed E-state index contributed by atoms with van der Waals surface area (Å²) in [6, 6.07) is 10.3. The van der Waals surface area contributed by atoms with E-state index in [1.165, 1.54) is 12.1 Å². The van der Waals surface area contributed by atoms with E-state index >= 15 is 0 Å². The molecule has 8 heteroatoms. The summed E-state index contributed by atoms with van der Waals surface area (Å²) in [5.74, 6) is -0.987. The van der Waals surface area contributed by atoms with Crippen molar-refractivity contribution in [2.45, 2.75) is 13.0 Å². The number of nitrogens with one attached hydrogen (secondary N) is 3. The Morgan fingerprint density at radius 2 is 1.96 bits per heavy atom. The van der Waals surface area contributed by atoms with Crippen molar-refractivity contribution in [3.63, 3.8) is 0 Å². The molecule has 1 atom stereocenters. The van der Waals surface area contributed by atoms with Crippen LogP contribution in [0.3, 0.4) is 0 Å². The second-order valence-electron chi connectivity index (χ2n) is 5.67. The molecule has 134 valence electrons. The van der Waals surface area contributed by atoms with Crippen LogP contribution in [0, 0.1) is 5.82 Å². The van der Waals surface area contributed by atoms with Gasteiger partial charge in [-0.3, -0.25) is 4.79 Å². The topological polar surface area (TPSA) is 53.2 Å². The molecule has 1 heterocycles. The number of hydrogen-bond donors (Lipinski definition) is 3. The number of benzene rings is 2. The number of halogens is 3. The lowest BCUT2D eigenvalue weighted by Crippen LogP contribution is -2.45. The van der Waals surface area contributed by atoms with Gasteiger partial charge in [-0.25, -0.2) is 4.39 Å². The smallest absolute Gasteiger partial charge is 0.255 e. The van der Waals surface area contributed by atoms with Gasteiger partial charge >= 0.3 is 0 Å². The number of rotatable bonds is 3. The molecule has 0 fully saturated rings. The Balaban J connectivity index is 2.00. The quantitative estimate of drug-likeness (QED) is 0.650. The van der Waals surface area contributed by atoms with Gasteiger partial charge in [-0.1, -0.05) is 41.4 Å². The normalized spacial score (nSPS) is 16.8. The second-order valence-corrected chi connectivity index (χ2v) is 6.92. The lowest BCUT2D eigenvalue weighted by atomic mass is 9.95. The van der Waals surface area contributed by atoms with E-state index in [-0.39, 0.29) is 5.69 Å². The largest absolute Gasteiger partial charge is 0.351 e. The fourth-order valence-electron chi connectivity index (χ4n) is 2.72. The van der Waals surface area contributed by atoms with Crippen molar-refractivity contribution in [2.75, 3.05) is 5.32 Å². The summed E-state index contributed by atoms with van der Waals surface area (Å²) < 4.78 is 13.9. The van der Waals surface area contributed by atoms with Crippen molar-refractivity contribution >= 4 is 52.1 Å². The summed E-state index contributed by atoms with van der Waals surface area (Å²) in [6.07, 6.45) is 0. The lowest BCUT2D eigenvalue weighted by molar-refractivity contribution is -0.113. The maximum Gasteiger partial charge on any atom is 0.255 e. The Hall–Kier alpha value is -2.15. The van der Waals surface area contributed by atoms with Gasteiger partial charge in [0.25, 0.3) is 5.91 Å². The minimum atomic E-state index is -0.597. The number of hydrogen-bond acceptors (Lipinski definition) is 2. The molecule has 0 unspecified atom stereocenters. The zero-order valence-corrected chi connectivity index (χ0v) is 15.9. The van der Waals surface area contributed by atoms with E-state index in [1.54, 1.807) is 37.3 Å². The summed E-state index contributed by atoms with van der Waals surface area (Å²) in [5, 5.41) is 9.78. The van der Waals surface area contributed by atoms with Crippen LogP contribution in [-0.2, 0) is 4.79 Å². The molecular formula is C18H14Cl2FN3OS. The van der Waals surface area contributed by atoms with Crippen LogP contribution in [-0.4, -0.2) is 11.0 Å². The first kappa shape index (κ1) is 18.6. The van der Waals surface area contributed by atoms with Crippen LogP contribution >= 0.6 is 35.4 Å². The van der Waals surface area contributed by atoms with E-state index < -0.39 is 17.8 Å². The average molecular weight is 410 g/mol. The first-order valence-corrected chi connectivity index (χ1v) is 8.82. The third kappa shape index (κ3) is 3.82. The van der Waals surface area contributed by atoms with Crippen molar-refractivity contribution in [3.8, 4) is 0 Å². The molecule has 1 amide bonds. The fourth-order valence-corrected chi connectivity index (χ4v) is 3.50. The summed E-state index contributed by atoms with van der Waals surface area (Å²) in [5.41, 5.74) is 1.63. The van der Waals surface area contributed by atoms with Crippen molar-refractivity contribution in [3.05, 3.63) is 75.2 Å². The molecule has 4 nitrogen and oxygen atoms in total.